The standard InChI is InChI=1S/C12H7BrClN3O3/c13-7-1-2-10(11(5-7)17(19)20)16-12(18)8-6-15-4-3-9(8)14/h1-6H,(H,16,18). The van der Waals surface area contributed by atoms with Gasteiger partial charge in [0.15, 0.2) is 0 Å². The van der Waals surface area contributed by atoms with E-state index in [1.54, 1.807) is 6.07 Å². The van der Waals surface area contributed by atoms with E-state index in [0.717, 1.165) is 0 Å². The summed E-state index contributed by atoms with van der Waals surface area (Å²) in [6.45, 7) is 0. The third-order valence-corrected chi connectivity index (χ3v) is 3.24. The van der Waals surface area contributed by atoms with Crippen LogP contribution in [0.3, 0.4) is 0 Å². The van der Waals surface area contributed by atoms with E-state index in [4.69, 9.17) is 11.6 Å². The SMILES string of the molecule is O=C(Nc1ccc(Br)cc1[N+](=O)[O-])c1cnccc1Cl. The van der Waals surface area contributed by atoms with Gasteiger partial charge in [0.25, 0.3) is 11.6 Å². The van der Waals surface area contributed by atoms with Crippen molar-refractivity contribution in [1.29, 1.82) is 0 Å². The number of hydrogen-bond donors (Lipinski definition) is 1. The monoisotopic (exact) mass is 355 g/mol. The van der Waals surface area contributed by atoms with E-state index < -0.39 is 10.8 Å². The lowest BCUT2D eigenvalue weighted by molar-refractivity contribution is -0.384. The molecule has 0 aliphatic heterocycles. The van der Waals surface area contributed by atoms with Crippen molar-refractivity contribution in [2.45, 2.75) is 0 Å². The molecule has 6 nitrogen and oxygen atoms in total. The molecule has 0 atom stereocenters. The first kappa shape index (κ1) is 14.4. The average molecular weight is 357 g/mol. The lowest BCUT2D eigenvalue weighted by atomic mass is 10.2. The summed E-state index contributed by atoms with van der Waals surface area (Å²) in [7, 11) is 0. The molecule has 1 aromatic heterocycles. The van der Waals surface area contributed by atoms with Gasteiger partial charge in [0.1, 0.15) is 5.69 Å². The van der Waals surface area contributed by atoms with Crippen molar-refractivity contribution < 1.29 is 9.72 Å². The number of nitrogens with one attached hydrogen (secondary N) is 1. The summed E-state index contributed by atoms with van der Waals surface area (Å²) < 4.78 is 0.543. The molecule has 102 valence electrons. The van der Waals surface area contributed by atoms with Crippen LogP contribution in [0.15, 0.2) is 41.1 Å². The van der Waals surface area contributed by atoms with Crippen LogP contribution in [0.2, 0.25) is 5.02 Å². The molecule has 0 radical (unpaired) electrons. The van der Waals surface area contributed by atoms with E-state index in [2.05, 4.69) is 26.2 Å². The minimum Gasteiger partial charge on any atom is -0.316 e. The van der Waals surface area contributed by atoms with Crippen LogP contribution in [-0.4, -0.2) is 15.8 Å². The number of nitro benzene ring substituents is 1. The highest BCUT2D eigenvalue weighted by molar-refractivity contribution is 9.10. The van der Waals surface area contributed by atoms with Gasteiger partial charge in [-0.3, -0.25) is 19.9 Å². The number of nitrogens with zero attached hydrogens (tertiary/aromatic N) is 2. The number of hydrogen-bond acceptors (Lipinski definition) is 4. The second kappa shape index (κ2) is 5.98. The minimum atomic E-state index is -0.578. The van der Waals surface area contributed by atoms with Gasteiger partial charge >= 0.3 is 0 Å². The molecule has 8 heteroatoms. The van der Waals surface area contributed by atoms with Gasteiger partial charge in [-0.2, -0.15) is 0 Å². The number of nitro groups is 1. The van der Waals surface area contributed by atoms with Crippen LogP contribution in [0.1, 0.15) is 10.4 Å². The molecule has 1 aromatic carbocycles. The van der Waals surface area contributed by atoms with Gasteiger partial charge in [-0.05, 0) is 18.2 Å². The van der Waals surface area contributed by atoms with E-state index in [1.807, 2.05) is 0 Å². The molecule has 1 N–H and O–H groups in total. The summed E-state index contributed by atoms with van der Waals surface area (Å²) in [6, 6.07) is 5.80. The zero-order valence-corrected chi connectivity index (χ0v) is 12.2. The molecule has 20 heavy (non-hydrogen) atoms. The Morgan fingerprint density at radius 2 is 2.15 bits per heavy atom. The van der Waals surface area contributed by atoms with Crippen LogP contribution in [0, 0.1) is 10.1 Å². The molecular formula is C12H7BrClN3O3. The number of amides is 1. The van der Waals surface area contributed by atoms with Crippen LogP contribution >= 0.6 is 27.5 Å². The van der Waals surface area contributed by atoms with Crippen molar-refractivity contribution in [3.05, 3.63) is 61.8 Å². The van der Waals surface area contributed by atoms with E-state index in [0.29, 0.717) is 4.47 Å². The molecule has 0 aliphatic rings. The predicted octanol–water partition coefficient (Wildman–Crippen LogP) is 3.66. The number of anilines is 1. The van der Waals surface area contributed by atoms with Gasteiger partial charge in [0.2, 0.25) is 0 Å². The Bertz CT molecular complexity index is 693. The smallest absolute Gasteiger partial charge is 0.293 e. The van der Waals surface area contributed by atoms with Crippen molar-refractivity contribution in [2.75, 3.05) is 5.32 Å². The van der Waals surface area contributed by atoms with E-state index in [-0.39, 0.29) is 22.0 Å². The Morgan fingerprint density at radius 3 is 2.80 bits per heavy atom. The van der Waals surface area contributed by atoms with Crippen LogP contribution in [-0.2, 0) is 0 Å². The summed E-state index contributed by atoms with van der Waals surface area (Å²) >= 11 is 9.01. The zero-order valence-electron chi connectivity index (χ0n) is 9.84. The largest absolute Gasteiger partial charge is 0.316 e. The summed E-state index contributed by atoms with van der Waals surface area (Å²) in [5.41, 5.74) is 0.0160. The summed E-state index contributed by atoms with van der Waals surface area (Å²) in [5.74, 6) is -0.562. The number of rotatable bonds is 3. The molecule has 0 unspecified atom stereocenters. The van der Waals surface area contributed by atoms with Crippen molar-refractivity contribution in [3.8, 4) is 0 Å². The molecule has 1 heterocycles. The van der Waals surface area contributed by atoms with E-state index in [1.165, 1.54) is 30.6 Å². The average Bonchev–Trinajstić information content (AvgIpc) is 2.41. The number of benzene rings is 1. The topological polar surface area (TPSA) is 85.1 Å². The third kappa shape index (κ3) is 3.12. The van der Waals surface area contributed by atoms with Crippen LogP contribution in [0.25, 0.3) is 0 Å². The fourth-order valence-corrected chi connectivity index (χ4v) is 2.04. The first-order valence-electron chi connectivity index (χ1n) is 5.34. The quantitative estimate of drug-likeness (QED) is 0.672. The first-order chi connectivity index (χ1) is 9.49. The Balaban J connectivity index is 2.33. The summed E-state index contributed by atoms with van der Waals surface area (Å²) in [6.07, 6.45) is 2.74. The third-order valence-electron chi connectivity index (χ3n) is 2.42. The molecule has 0 fully saturated rings. The maximum atomic E-state index is 12.0. The lowest BCUT2D eigenvalue weighted by Gasteiger charge is -2.07. The van der Waals surface area contributed by atoms with E-state index >= 15 is 0 Å². The second-order valence-corrected chi connectivity index (χ2v) is 5.05. The van der Waals surface area contributed by atoms with Crippen LogP contribution < -0.4 is 5.32 Å². The number of pyridine rings is 1. The molecule has 2 aromatic rings. The van der Waals surface area contributed by atoms with Gasteiger partial charge in [-0.25, -0.2) is 0 Å². The van der Waals surface area contributed by atoms with Gasteiger partial charge in [-0.15, -0.1) is 0 Å². The van der Waals surface area contributed by atoms with Crippen molar-refractivity contribution in [3.63, 3.8) is 0 Å². The molecule has 1 amide bonds. The molecular weight excluding hydrogens is 350 g/mol. The molecule has 0 aliphatic carbocycles. The maximum Gasteiger partial charge on any atom is 0.293 e. The Morgan fingerprint density at radius 1 is 1.40 bits per heavy atom. The lowest BCUT2D eigenvalue weighted by Crippen LogP contribution is -2.14. The number of halogens is 2. The van der Waals surface area contributed by atoms with Crippen molar-refractivity contribution in [1.82, 2.24) is 4.98 Å². The molecule has 0 bridgehead atoms. The molecule has 0 saturated carbocycles. The Hall–Kier alpha value is -1.99. The number of aromatic nitrogens is 1. The van der Waals surface area contributed by atoms with Gasteiger partial charge in [-0.1, -0.05) is 27.5 Å². The fourth-order valence-electron chi connectivity index (χ4n) is 1.50. The minimum absolute atomic E-state index is 0.0862. The summed E-state index contributed by atoms with van der Waals surface area (Å²) in [5, 5.41) is 13.6. The summed E-state index contributed by atoms with van der Waals surface area (Å²) in [4.78, 5) is 26.2. The van der Waals surface area contributed by atoms with Crippen LogP contribution in [0.5, 0.6) is 0 Å². The van der Waals surface area contributed by atoms with E-state index in [9.17, 15) is 14.9 Å². The van der Waals surface area contributed by atoms with Crippen molar-refractivity contribution >= 4 is 44.8 Å². The van der Waals surface area contributed by atoms with Crippen molar-refractivity contribution in [2.24, 2.45) is 0 Å². The highest BCUT2D eigenvalue weighted by Crippen LogP contribution is 2.28. The number of carbonyl (C=O) groups excluding carboxylic acids is 1. The fraction of sp³-hybridized carbons (Fsp3) is 0. The molecule has 0 spiro atoms. The second-order valence-electron chi connectivity index (χ2n) is 3.73. The normalized spacial score (nSPS) is 10.1. The van der Waals surface area contributed by atoms with Gasteiger partial charge in [0.05, 0.1) is 15.5 Å². The predicted molar refractivity (Wildman–Crippen MR) is 78.0 cm³/mol. The molecule has 0 saturated heterocycles. The Labute approximate surface area is 127 Å². The highest BCUT2D eigenvalue weighted by atomic mass is 79.9. The molecule has 2 rings (SSSR count). The van der Waals surface area contributed by atoms with Gasteiger partial charge < -0.3 is 5.32 Å². The Kier molecular flexibility index (Phi) is 4.31. The maximum absolute atomic E-state index is 12.0. The number of carbonyl (C=O) groups is 1. The van der Waals surface area contributed by atoms with Gasteiger partial charge in [0, 0.05) is 22.9 Å². The van der Waals surface area contributed by atoms with Crippen LogP contribution in [0.4, 0.5) is 11.4 Å². The first-order valence-corrected chi connectivity index (χ1v) is 6.51. The highest BCUT2D eigenvalue weighted by Gasteiger charge is 2.18. The zero-order chi connectivity index (χ0) is 14.7.